The number of hydrogen-bond acceptors (Lipinski definition) is 2. The number of rotatable bonds is 5. The third-order valence-corrected chi connectivity index (χ3v) is 2.83. The molecule has 0 aliphatic heterocycles. The normalized spacial score (nSPS) is 10.3. The van der Waals surface area contributed by atoms with Gasteiger partial charge in [0.2, 0.25) is 0 Å². The molecule has 0 saturated heterocycles. The molecule has 15 heavy (non-hydrogen) atoms. The molecular weight excluding hydrogens is 252 g/mol. The topological polar surface area (TPSA) is 27.0 Å². The molecule has 0 saturated carbocycles. The minimum atomic E-state index is 0.608. The van der Waals surface area contributed by atoms with Crippen molar-refractivity contribution >= 4 is 15.9 Å². The van der Waals surface area contributed by atoms with Crippen molar-refractivity contribution in [3.63, 3.8) is 0 Å². The molecule has 0 aliphatic rings. The molecular formula is C12H15BrN2. The van der Waals surface area contributed by atoms with Gasteiger partial charge in [-0.1, -0.05) is 28.1 Å². The fraction of sp³-hybridized carbons (Fsp3) is 0.417. The molecule has 0 aliphatic carbocycles. The standard InChI is InChI=1S/C12H15BrN2/c1-15(9-2-8-14)10-7-11-3-5-12(13)6-4-11/h3-6H,2,7,9-10H2,1H3. The van der Waals surface area contributed by atoms with E-state index in [9.17, 15) is 0 Å². The van der Waals surface area contributed by atoms with Gasteiger partial charge in [-0.05, 0) is 31.2 Å². The first-order chi connectivity index (χ1) is 7.22. The molecule has 0 amide bonds. The molecule has 0 aromatic heterocycles. The van der Waals surface area contributed by atoms with E-state index >= 15 is 0 Å². The zero-order valence-electron chi connectivity index (χ0n) is 8.91. The summed E-state index contributed by atoms with van der Waals surface area (Å²) in [5.74, 6) is 0. The van der Waals surface area contributed by atoms with Crippen molar-refractivity contribution in [2.45, 2.75) is 12.8 Å². The van der Waals surface area contributed by atoms with Gasteiger partial charge in [-0.3, -0.25) is 0 Å². The molecule has 1 aromatic rings. The van der Waals surface area contributed by atoms with Crippen LogP contribution in [-0.2, 0) is 6.42 Å². The average molecular weight is 267 g/mol. The van der Waals surface area contributed by atoms with E-state index in [-0.39, 0.29) is 0 Å². The zero-order valence-corrected chi connectivity index (χ0v) is 10.5. The molecule has 2 nitrogen and oxygen atoms in total. The maximum atomic E-state index is 8.45. The van der Waals surface area contributed by atoms with Gasteiger partial charge in [-0.25, -0.2) is 0 Å². The van der Waals surface area contributed by atoms with Gasteiger partial charge in [0.25, 0.3) is 0 Å². The molecule has 1 aromatic carbocycles. The molecule has 0 bridgehead atoms. The van der Waals surface area contributed by atoms with E-state index < -0.39 is 0 Å². The van der Waals surface area contributed by atoms with E-state index in [4.69, 9.17) is 5.26 Å². The largest absolute Gasteiger partial charge is 0.305 e. The lowest BCUT2D eigenvalue weighted by Gasteiger charge is -2.14. The molecule has 0 atom stereocenters. The number of halogens is 1. The van der Waals surface area contributed by atoms with E-state index in [1.807, 2.05) is 0 Å². The smallest absolute Gasteiger partial charge is 0.0635 e. The van der Waals surface area contributed by atoms with Crippen LogP contribution in [0, 0.1) is 11.3 Å². The minimum absolute atomic E-state index is 0.608. The van der Waals surface area contributed by atoms with E-state index in [0.717, 1.165) is 24.0 Å². The Morgan fingerprint density at radius 3 is 2.53 bits per heavy atom. The first-order valence-corrected chi connectivity index (χ1v) is 5.81. The van der Waals surface area contributed by atoms with Crippen LogP contribution >= 0.6 is 15.9 Å². The SMILES string of the molecule is CN(CCC#N)CCc1ccc(Br)cc1. The van der Waals surface area contributed by atoms with E-state index in [1.54, 1.807) is 0 Å². The van der Waals surface area contributed by atoms with Crippen molar-refractivity contribution in [2.24, 2.45) is 0 Å². The predicted octanol–water partition coefficient (Wildman–Crippen LogP) is 2.84. The quantitative estimate of drug-likeness (QED) is 0.820. The first-order valence-electron chi connectivity index (χ1n) is 5.02. The van der Waals surface area contributed by atoms with E-state index in [0.29, 0.717) is 6.42 Å². The molecule has 3 heteroatoms. The van der Waals surface area contributed by atoms with Gasteiger partial charge < -0.3 is 4.90 Å². The van der Waals surface area contributed by atoms with Gasteiger partial charge in [0.1, 0.15) is 0 Å². The average Bonchev–Trinajstić information content (AvgIpc) is 2.25. The number of benzene rings is 1. The summed E-state index contributed by atoms with van der Waals surface area (Å²) in [5, 5.41) is 8.45. The lowest BCUT2D eigenvalue weighted by atomic mass is 10.1. The third-order valence-electron chi connectivity index (χ3n) is 2.30. The summed E-state index contributed by atoms with van der Waals surface area (Å²) >= 11 is 3.41. The van der Waals surface area contributed by atoms with Gasteiger partial charge in [0, 0.05) is 24.0 Å². The maximum Gasteiger partial charge on any atom is 0.0635 e. The van der Waals surface area contributed by atoms with Crippen molar-refractivity contribution in [2.75, 3.05) is 20.1 Å². The molecule has 0 N–H and O–H groups in total. The molecule has 0 spiro atoms. The Morgan fingerprint density at radius 1 is 1.27 bits per heavy atom. The summed E-state index contributed by atoms with van der Waals surface area (Å²) in [6.45, 7) is 1.86. The van der Waals surface area contributed by atoms with Crippen LogP contribution in [0.4, 0.5) is 0 Å². The molecule has 0 unspecified atom stereocenters. The fourth-order valence-electron chi connectivity index (χ4n) is 1.32. The summed E-state index contributed by atoms with van der Waals surface area (Å²) < 4.78 is 1.11. The lowest BCUT2D eigenvalue weighted by Crippen LogP contribution is -2.22. The van der Waals surface area contributed by atoms with Crippen molar-refractivity contribution in [3.05, 3.63) is 34.3 Å². The van der Waals surface area contributed by atoms with Gasteiger partial charge in [0.15, 0.2) is 0 Å². The highest BCUT2D eigenvalue weighted by molar-refractivity contribution is 9.10. The maximum absolute atomic E-state index is 8.45. The highest BCUT2D eigenvalue weighted by atomic mass is 79.9. The zero-order chi connectivity index (χ0) is 11.1. The summed E-state index contributed by atoms with van der Waals surface area (Å²) in [7, 11) is 2.05. The first kappa shape index (κ1) is 12.2. The second kappa shape index (κ2) is 6.60. The lowest BCUT2D eigenvalue weighted by molar-refractivity contribution is 0.346. The van der Waals surface area contributed by atoms with Gasteiger partial charge in [-0.15, -0.1) is 0 Å². The molecule has 0 radical (unpaired) electrons. The van der Waals surface area contributed by atoms with Crippen LogP contribution in [0.25, 0.3) is 0 Å². The van der Waals surface area contributed by atoms with Crippen LogP contribution in [0.1, 0.15) is 12.0 Å². The van der Waals surface area contributed by atoms with E-state index in [1.165, 1.54) is 5.56 Å². The third kappa shape index (κ3) is 4.96. The van der Waals surface area contributed by atoms with Crippen molar-refractivity contribution < 1.29 is 0 Å². The molecule has 1 rings (SSSR count). The fourth-order valence-corrected chi connectivity index (χ4v) is 1.59. The van der Waals surface area contributed by atoms with Gasteiger partial charge in [-0.2, -0.15) is 5.26 Å². The Labute approximate surface area is 99.6 Å². The molecule has 0 heterocycles. The van der Waals surface area contributed by atoms with Crippen LogP contribution < -0.4 is 0 Å². The van der Waals surface area contributed by atoms with Crippen molar-refractivity contribution in [1.82, 2.24) is 4.90 Å². The van der Waals surface area contributed by atoms with Crippen molar-refractivity contribution in [1.29, 1.82) is 5.26 Å². The van der Waals surface area contributed by atoms with Crippen LogP contribution in [0.15, 0.2) is 28.7 Å². The Morgan fingerprint density at radius 2 is 1.93 bits per heavy atom. The number of likely N-dealkylation sites (N-methyl/N-ethyl adjacent to an activating group) is 1. The Bertz CT molecular complexity index is 326. The Balaban J connectivity index is 2.31. The van der Waals surface area contributed by atoms with E-state index in [2.05, 4.69) is 58.2 Å². The molecule has 80 valence electrons. The van der Waals surface area contributed by atoms with Crippen LogP contribution in [0.5, 0.6) is 0 Å². The number of nitrogens with zero attached hydrogens (tertiary/aromatic N) is 2. The predicted molar refractivity (Wildman–Crippen MR) is 65.6 cm³/mol. The highest BCUT2D eigenvalue weighted by Gasteiger charge is 1.98. The van der Waals surface area contributed by atoms with Crippen LogP contribution in [0.3, 0.4) is 0 Å². The summed E-state index contributed by atoms with van der Waals surface area (Å²) in [4.78, 5) is 2.19. The summed E-state index contributed by atoms with van der Waals surface area (Å²) in [5.41, 5.74) is 1.34. The summed E-state index contributed by atoms with van der Waals surface area (Å²) in [6, 6.07) is 10.5. The Kier molecular flexibility index (Phi) is 5.38. The minimum Gasteiger partial charge on any atom is -0.305 e. The summed E-state index contributed by atoms with van der Waals surface area (Å²) in [6.07, 6.45) is 1.64. The van der Waals surface area contributed by atoms with Crippen molar-refractivity contribution in [3.8, 4) is 6.07 Å². The van der Waals surface area contributed by atoms with Crippen LogP contribution in [0.2, 0.25) is 0 Å². The molecule has 0 fully saturated rings. The van der Waals surface area contributed by atoms with Crippen LogP contribution in [-0.4, -0.2) is 25.0 Å². The number of hydrogen-bond donors (Lipinski definition) is 0. The second-order valence-electron chi connectivity index (χ2n) is 3.59. The van der Waals surface area contributed by atoms with Gasteiger partial charge >= 0.3 is 0 Å². The Hall–Kier alpha value is -0.850. The second-order valence-corrected chi connectivity index (χ2v) is 4.50. The highest BCUT2D eigenvalue weighted by Crippen LogP contribution is 2.11. The number of nitriles is 1. The monoisotopic (exact) mass is 266 g/mol. The van der Waals surface area contributed by atoms with Gasteiger partial charge in [0.05, 0.1) is 6.07 Å².